The Labute approximate surface area is 220 Å². The van der Waals surface area contributed by atoms with E-state index in [1.807, 2.05) is 20.8 Å². The molecule has 0 aliphatic heterocycles. The van der Waals surface area contributed by atoms with E-state index in [-0.39, 0.29) is 15.4 Å². The number of primary amides is 1. The normalized spacial score (nSPS) is 12.5. The molecular weight excluding hydrogens is 524 g/mol. The average Bonchev–Trinajstić information content (AvgIpc) is 3.49. The highest BCUT2D eigenvalue weighted by Gasteiger charge is 2.29. The lowest BCUT2D eigenvalue weighted by Gasteiger charge is -2.18. The quantitative estimate of drug-likeness (QED) is 0.297. The molecule has 3 N–H and O–H groups in total. The molecule has 0 aromatic carbocycles. The number of nitrogens with one attached hydrogen (secondary N) is 1. The number of thiophene rings is 1. The molecule has 0 spiro atoms. The molecule has 0 saturated heterocycles. The molecule has 4 rings (SSSR count). The van der Waals surface area contributed by atoms with Gasteiger partial charge in [-0.05, 0) is 45.7 Å². The molecule has 2 amide bonds. The van der Waals surface area contributed by atoms with Gasteiger partial charge in [-0.1, -0.05) is 18.5 Å². The number of halogens is 3. The van der Waals surface area contributed by atoms with Crippen LogP contribution in [0.4, 0.5) is 14.5 Å². The topological polar surface area (TPSA) is 121 Å². The Morgan fingerprint density at radius 2 is 1.89 bits per heavy atom. The third kappa shape index (κ3) is 4.59. The van der Waals surface area contributed by atoms with Gasteiger partial charge in [-0.25, -0.2) is 13.8 Å². The summed E-state index contributed by atoms with van der Waals surface area (Å²) >= 11 is 7.15. The van der Waals surface area contributed by atoms with Crippen molar-refractivity contribution >= 4 is 50.7 Å². The van der Waals surface area contributed by atoms with E-state index in [1.165, 1.54) is 10.7 Å². The lowest BCUT2D eigenvalue weighted by atomic mass is 10.0. The number of nitrogens with two attached hydrogens (primary N) is 1. The van der Waals surface area contributed by atoms with Crippen LogP contribution in [0.3, 0.4) is 0 Å². The molecule has 196 valence electrons. The Bertz CT molecular complexity index is 1530. The third-order valence-corrected chi connectivity index (χ3v) is 7.94. The van der Waals surface area contributed by atoms with Crippen molar-refractivity contribution in [2.24, 2.45) is 5.73 Å². The van der Waals surface area contributed by atoms with Crippen molar-refractivity contribution in [3.05, 3.63) is 44.9 Å². The summed E-state index contributed by atoms with van der Waals surface area (Å²) in [5, 5.41) is 12.4. The van der Waals surface area contributed by atoms with Crippen LogP contribution >= 0.6 is 22.9 Å². The van der Waals surface area contributed by atoms with E-state index in [0.29, 0.717) is 45.9 Å². The van der Waals surface area contributed by atoms with Crippen LogP contribution in [0.15, 0.2) is 12.3 Å². The van der Waals surface area contributed by atoms with Crippen molar-refractivity contribution in [2.75, 3.05) is 5.32 Å². The molecule has 37 heavy (non-hydrogen) atoms. The van der Waals surface area contributed by atoms with E-state index in [1.54, 1.807) is 24.7 Å². The highest BCUT2D eigenvalue weighted by atomic mass is 35.5. The second-order valence-electron chi connectivity index (χ2n) is 8.55. The highest BCUT2D eigenvalue weighted by molar-refractivity contribution is 7.21. The van der Waals surface area contributed by atoms with E-state index < -0.39 is 30.0 Å². The highest BCUT2D eigenvalue weighted by Crippen LogP contribution is 2.43. The van der Waals surface area contributed by atoms with Gasteiger partial charge in [-0.2, -0.15) is 10.2 Å². The number of anilines is 1. The number of nitrogens with zero attached hydrogens (tertiary/aromatic N) is 5. The number of fused-ring (bicyclic) bond motifs is 1. The minimum atomic E-state index is -2.85. The van der Waals surface area contributed by atoms with E-state index in [2.05, 4.69) is 20.5 Å². The van der Waals surface area contributed by atoms with Gasteiger partial charge in [-0.15, -0.1) is 11.3 Å². The molecule has 4 aromatic heterocycles. The molecular formula is C24H26ClF2N7O2S. The van der Waals surface area contributed by atoms with Crippen molar-refractivity contribution < 1.29 is 18.4 Å². The molecule has 0 radical (unpaired) electrons. The molecule has 0 saturated carbocycles. The number of carbonyl (C=O) groups excluding carboxylic acids is 2. The van der Waals surface area contributed by atoms with Crippen molar-refractivity contribution in [1.29, 1.82) is 0 Å². The maximum Gasteiger partial charge on any atom is 0.280 e. The number of rotatable bonds is 8. The fraction of sp³-hybridized carbons (Fsp3) is 0.375. The SMILES string of the molecule is CCC(C(=O)Nc1c(C(N)=O)sc2nc(C(F)F)cc(-c3cnn(CC)c3C)c12)n1nc(C)c(Cl)c1C. The smallest absolute Gasteiger partial charge is 0.280 e. The maximum absolute atomic E-state index is 13.8. The van der Waals surface area contributed by atoms with E-state index in [0.717, 1.165) is 17.0 Å². The maximum atomic E-state index is 13.8. The zero-order valence-corrected chi connectivity index (χ0v) is 22.5. The first kappa shape index (κ1) is 26.7. The molecule has 0 bridgehead atoms. The molecule has 4 aromatic rings. The van der Waals surface area contributed by atoms with E-state index in [4.69, 9.17) is 17.3 Å². The van der Waals surface area contributed by atoms with Gasteiger partial charge in [0.05, 0.1) is 28.3 Å². The lowest BCUT2D eigenvalue weighted by molar-refractivity contribution is -0.119. The van der Waals surface area contributed by atoms with Gasteiger partial charge >= 0.3 is 0 Å². The van der Waals surface area contributed by atoms with Crippen molar-refractivity contribution in [1.82, 2.24) is 24.5 Å². The minimum Gasteiger partial charge on any atom is -0.365 e. The van der Waals surface area contributed by atoms with Gasteiger partial charge in [0, 0.05) is 23.2 Å². The van der Waals surface area contributed by atoms with Crippen LogP contribution in [0.5, 0.6) is 0 Å². The fourth-order valence-electron chi connectivity index (χ4n) is 4.39. The van der Waals surface area contributed by atoms with Gasteiger partial charge in [0.25, 0.3) is 12.3 Å². The first-order chi connectivity index (χ1) is 17.5. The summed E-state index contributed by atoms with van der Waals surface area (Å²) in [5.41, 5.74) is 8.22. The van der Waals surface area contributed by atoms with Crippen LogP contribution < -0.4 is 11.1 Å². The number of hydrogen-bond donors (Lipinski definition) is 2. The molecule has 9 nitrogen and oxygen atoms in total. The molecule has 0 aliphatic carbocycles. The number of alkyl halides is 2. The average molecular weight is 550 g/mol. The number of aromatic nitrogens is 5. The van der Waals surface area contributed by atoms with Crippen molar-refractivity contribution in [3.63, 3.8) is 0 Å². The van der Waals surface area contributed by atoms with Gasteiger partial charge in [-0.3, -0.25) is 19.0 Å². The van der Waals surface area contributed by atoms with Crippen LogP contribution in [0, 0.1) is 20.8 Å². The summed E-state index contributed by atoms with van der Waals surface area (Å²) in [7, 11) is 0. The van der Waals surface area contributed by atoms with E-state index in [9.17, 15) is 18.4 Å². The monoisotopic (exact) mass is 549 g/mol. The van der Waals surface area contributed by atoms with Gasteiger partial charge in [0.2, 0.25) is 5.91 Å². The Morgan fingerprint density at radius 3 is 2.41 bits per heavy atom. The molecule has 0 fully saturated rings. The Balaban J connectivity index is 1.93. The molecule has 1 unspecified atom stereocenters. The third-order valence-electron chi connectivity index (χ3n) is 6.29. The number of hydrogen-bond acceptors (Lipinski definition) is 6. The summed E-state index contributed by atoms with van der Waals surface area (Å²) in [5.74, 6) is -1.28. The second kappa shape index (κ2) is 10.2. The Hall–Kier alpha value is -3.38. The molecule has 4 heterocycles. The van der Waals surface area contributed by atoms with E-state index >= 15 is 0 Å². The number of aryl methyl sites for hydroxylation is 2. The Morgan fingerprint density at radius 1 is 1.19 bits per heavy atom. The summed E-state index contributed by atoms with van der Waals surface area (Å²) in [6.45, 7) is 9.62. The number of amides is 2. The number of carbonyl (C=O) groups is 2. The zero-order valence-electron chi connectivity index (χ0n) is 20.9. The molecule has 13 heteroatoms. The van der Waals surface area contributed by atoms with Crippen molar-refractivity contribution in [2.45, 2.75) is 60.1 Å². The predicted molar refractivity (Wildman–Crippen MR) is 139 cm³/mol. The summed E-state index contributed by atoms with van der Waals surface area (Å²) in [4.78, 5) is 30.2. The molecule has 0 aliphatic rings. The fourth-order valence-corrected chi connectivity index (χ4v) is 5.52. The number of pyridine rings is 1. The predicted octanol–water partition coefficient (Wildman–Crippen LogP) is 5.58. The largest absolute Gasteiger partial charge is 0.365 e. The lowest BCUT2D eigenvalue weighted by Crippen LogP contribution is -2.28. The van der Waals surface area contributed by atoms with Gasteiger partial charge in [0.15, 0.2) is 0 Å². The summed E-state index contributed by atoms with van der Waals surface area (Å²) < 4.78 is 30.8. The Kier molecular flexibility index (Phi) is 7.33. The first-order valence-electron chi connectivity index (χ1n) is 11.6. The zero-order chi connectivity index (χ0) is 27.2. The van der Waals surface area contributed by atoms with Crippen LogP contribution in [0.25, 0.3) is 21.3 Å². The molecule has 1 atom stereocenters. The second-order valence-corrected chi connectivity index (χ2v) is 9.93. The van der Waals surface area contributed by atoms with Gasteiger partial charge < -0.3 is 11.1 Å². The van der Waals surface area contributed by atoms with Crippen LogP contribution in [0.2, 0.25) is 5.02 Å². The van der Waals surface area contributed by atoms with Crippen molar-refractivity contribution in [3.8, 4) is 11.1 Å². The minimum absolute atomic E-state index is 0.00491. The summed E-state index contributed by atoms with van der Waals surface area (Å²) in [6.07, 6.45) is -0.897. The van der Waals surface area contributed by atoms with Crippen LogP contribution in [-0.4, -0.2) is 36.4 Å². The standard InChI is InChI=1S/C24H26ClF2N7O2S/c1-6-16(34-12(5)18(25)10(3)32-34)23(36)31-19-17-13(14-9-29-33(7-2)11(14)4)8-15(21(26)27)30-24(17)37-20(19)22(28)35/h8-9,16,21H,6-7H2,1-5H3,(H2,28,35)(H,31,36). The van der Waals surface area contributed by atoms with Crippen LogP contribution in [0.1, 0.15) is 65.2 Å². The first-order valence-corrected chi connectivity index (χ1v) is 12.8. The summed E-state index contributed by atoms with van der Waals surface area (Å²) in [6, 6.07) is 0.519. The van der Waals surface area contributed by atoms with Gasteiger partial charge in [0.1, 0.15) is 21.4 Å². The van der Waals surface area contributed by atoms with Crippen LogP contribution in [-0.2, 0) is 11.3 Å².